The van der Waals surface area contributed by atoms with Gasteiger partial charge in [0.2, 0.25) is 0 Å². The smallest absolute Gasteiger partial charge is 0.356 e. The number of carbonyl (C=O) groups is 1. The molecular weight excluding hydrogens is 306 g/mol. The van der Waals surface area contributed by atoms with Crippen LogP contribution in [-0.4, -0.2) is 72.3 Å². The molecule has 1 atom stereocenters. The van der Waals surface area contributed by atoms with Crippen LogP contribution in [0.25, 0.3) is 0 Å². The number of ether oxygens (including phenoxy) is 1. The largest absolute Gasteiger partial charge is 0.464 e. The Morgan fingerprint density at radius 2 is 2.17 bits per heavy atom. The predicted molar refractivity (Wildman–Crippen MR) is 90.6 cm³/mol. The number of pyridine rings is 1. The first-order valence-corrected chi connectivity index (χ1v) is 8.63. The van der Waals surface area contributed by atoms with Crippen molar-refractivity contribution in [2.75, 3.05) is 40.3 Å². The molecule has 132 valence electrons. The molecule has 1 N–H and O–H groups in total. The molecule has 1 spiro atoms. The molecule has 3 heterocycles. The summed E-state index contributed by atoms with van der Waals surface area (Å²) in [4.78, 5) is 20.6. The van der Waals surface area contributed by atoms with Crippen LogP contribution in [0.2, 0.25) is 0 Å². The van der Waals surface area contributed by atoms with Crippen molar-refractivity contribution in [3.63, 3.8) is 0 Å². The number of nitrogens with zero attached hydrogens (tertiary/aromatic N) is 3. The molecule has 24 heavy (non-hydrogen) atoms. The Morgan fingerprint density at radius 1 is 1.42 bits per heavy atom. The molecule has 6 heteroatoms. The second kappa shape index (κ2) is 7.17. The number of aliphatic hydroxyl groups excluding tert-OH is 1. The lowest BCUT2D eigenvalue weighted by Gasteiger charge is -2.48. The van der Waals surface area contributed by atoms with Gasteiger partial charge in [0.05, 0.1) is 18.9 Å². The Balaban J connectivity index is 1.59. The van der Waals surface area contributed by atoms with Crippen LogP contribution in [0.4, 0.5) is 0 Å². The zero-order valence-electron chi connectivity index (χ0n) is 14.6. The van der Waals surface area contributed by atoms with Crippen molar-refractivity contribution < 1.29 is 14.6 Å². The Morgan fingerprint density at radius 3 is 2.83 bits per heavy atom. The molecule has 0 bridgehead atoms. The van der Waals surface area contributed by atoms with E-state index in [0.29, 0.717) is 5.69 Å². The molecule has 6 nitrogen and oxygen atoms in total. The van der Waals surface area contributed by atoms with Gasteiger partial charge in [-0.1, -0.05) is 6.07 Å². The Kier molecular flexibility index (Phi) is 5.18. The van der Waals surface area contributed by atoms with Crippen LogP contribution in [0, 0.1) is 5.41 Å². The molecule has 2 aliphatic rings. The fourth-order valence-electron chi connectivity index (χ4n) is 4.19. The maximum atomic E-state index is 11.6. The van der Waals surface area contributed by atoms with E-state index < -0.39 is 5.97 Å². The number of esters is 1. The molecule has 3 rings (SSSR count). The molecule has 0 saturated carbocycles. The molecule has 0 radical (unpaired) electrons. The molecule has 1 aromatic rings. The Labute approximate surface area is 143 Å². The summed E-state index contributed by atoms with van der Waals surface area (Å²) in [6.07, 6.45) is 2.92. The van der Waals surface area contributed by atoms with Gasteiger partial charge in [0.1, 0.15) is 5.69 Å². The lowest BCUT2D eigenvalue weighted by Crippen LogP contribution is -2.52. The molecule has 1 unspecified atom stereocenters. The summed E-state index contributed by atoms with van der Waals surface area (Å²) in [5.74, 6) is -0.395. The lowest BCUT2D eigenvalue weighted by molar-refractivity contribution is -0.0332. The standard InChI is InChI=1S/C18H27N3O3/c1-20-12-15(22)10-18(13-20)6-8-21(9-7-18)11-14-4-3-5-16(19-14)17(23)24-2/h3-5,15,22H,6-13H2,1-2H3. The summed E-state index contributed by atoms with van der Waals surface area (Å²) < 4.78 is 4.73. The van der Waals surface area contributed by atoms with Crippen molar-refractivity contribution in [1.29, 1.82) is 0 Å². The van der Waals surface area contributed by atoms with Gasteiger partial charge >= 0.3 is 5.97 Å². The number of aliphatic hydroxyl groups is 1. The fraction of sp³-hybridized carbons (Fsp3) is 0.667. The van der Waals surface area contributed by atoms with E-state index >= 15 is 0 Å². The molecule has 2 saturated heterocycles. The maximum Gasteiger partial charge on any atom is 0.356 e. The highest BCUT2D eigenvalue weighted by Gasteiger charge is 2.40. The Hall–Kier alpha value is -1.50. The van der Waals surface area contributed by atoms with Gasteiger partial charge in [0.15, 0.2) is 0 Å². The zero-order chi connectivity index (χ0) is 17.2. The number of carbonyl (C=O) groups excluding carboxylic acids is 1. The summed E-state index contributed by atoms with van der Waals surface area (Å²) >= 11 is 0. The van der Waals surface area contributed by atoms with Gasteiger partial charge in [-0.15, -0.1) is 0 Å². The molecule has 0 amide bonds. The average molecular weight is 333 g/mol. The number of rotatable bonds is 3. The van der Waals surface area contributed by atoms with E-state index in [-0.39, 0.29) is 11.5 Å². The third kappa shape index (κ3) is 3.94. The fourth-order valence-corrected chi connectivity index (χ4v) is 4.19. The normalized spacial score (nSPS) is 24.9. The number of likely N-dealkylation sites (tertiary alicyclic amines) is 2. The highest BCUT2D eigenvalue weighted by atomic mass is 16.5. The van der Waals surface area contributed by atoms with Gasteiger partial charge in [-0.25, -0.2) is 9.78 Å². The highest BCUT2D eigenvalue weighted by molar-refractivity contribution is 5.87. The second-order valence-corrected chi connectivity index (χ2v) is 7.34. The third-order valence-electron chi connectivity index (χ3n) is 5.30. The lowest BCUT2D eigenvalue weighted by atomic mass is 9.72. The molecule has 2 fully saturated rings. The summed E-state index contributed by atoms with van der Waals surface area (Å²) in [6, 6.07) is 5.49. The number of piperidine rings is 2. The van der Waals surface area contributed by atoms with Crippen LogP contribution < -0.4 is 0 Å². The summed E-state index contributed by atoms with van der Waals surface area (Å²) in [5.41, 5.74) is 1.51. The van der Waals surface area contributed by atoms with Crippen molar-refractivity contribution in [2.24, 2.45) is 5.41 Å². The van der Waals surface area contributed by atoms with E-state index in [1.54, 1.807) is 6.07 Å². The number of methoxy groups -OCH3 is 1. The van der Waals surface area contributed by atoms with Gasteiger partial charge in [0.25, 0.3) is 0 Å². The first-order valence-electron chi connectivity index (χ1n) is 8.63. The van der Waals surface area contributed by atoms with Crippen molar-refractivity contribution >= 4 is 5.97 Å². The van der Waals surface area contributed by atoms with Gasteiger partial charge < -0.3 is 14.7 Å². The molecule has 0 aliphatic carbocycles. The average Bonchev–Trinajstić information content (AvgIpc) is 2.56. The number of hydrogen-bond donors (Lipinski definition) is 1. The minimum atomic E-state index is -0.395. The van der Waals surface area contributed by atoms with Gasteiger partial charge in [0, 0.05) is 19.6 Å². The highest BCUT2D eigenvalue weighted by Crippen LogP contribution is 2.39. The van der Waals surface area contributed by atoms with Crippen molar-refractivity contribution in [3.05, 3.63) is 29.6 Å². The van der Waals surface area contributed by atoms with Crippen LogP contribution in [-0.2, 0) is 11.3 Å². The predicted octanol–water partition coefficient (Wildman–Crippen LogP) is 1.15. The van der Waals surface area contributed by atoms with E-state index in [1.165, 1.54) is 7.11 Å². The van der Waals surface area contributed by atoms with Crippen LogP contribution in [0.3, 0.4) is 0 Å². The zero-order valence-corrected chi connectivity index (χ0v) is 14.6. The van der Waals surface area contributed by atoms with Crippen molar-refractivity contribution in [1.82, 2.24) is 14.8 Å². The number of aromatic nitrogens is 1. The second-order valence-electron chi connectivity index (χ2n) is 7.34. The Bertz CT molecular complexity index is 573. The minimum absolute atomic E-state index is 0.200. The molecule has 0 aromatic carbocycles. The molecule has 1 aromatic heterocycles. The van der Waals surface area contributed by atoms with E-state index in [1.807, 2.05) is 12.1 Å². The first kappa shape index (κ1) is 17.3. The van der Waals surface area contributed by atoms with E-state index in [2.05, 4.69) is 21.8 Å². The van der Waals surface area contributed by atoms with Crippen LogP contribution in [0.15, 0.2) is 18.2 Å². The minimum Gasteiger partial charge on any atom is -0.464 e. The van der Waals surface area contributed by atoms with Crippen LogP contribution in [0.5, 0.6) is 0 Å². The van der Waals surface area contributed by atoms with Gasteiger partial charge in [-0.3, -0.25) is 4.90 Å². The summed E-state index contributed by atoms with van der Waals surface area (Å²) in [7, 11) is 3.47. The van der Waals surface area contributed by atoms with E-state index in [0.717, 1.165) is 57.7 Å². The van der Waals surface area contributed by atoms with Gasteiger partial charge in [-0.05, 0) is 56.9 Å². The van der Waals surface area contributed by atoms with Crippen molar-refractivity contribution in [3.8, 4) is 0 Å². The third-order valence-corrected chi connectivity index (χ3v) is 5.30. The quantitative estimate of drug-likeness (QED) is 0.837. The van der Waals surface area contributed by atoms with Crippen LogP contribution >= 0.6 is 0 Å². The first-order chi connectivity index (χ1) is 11.5. The monoisotopic (exact) mass is 333 g/mol. The van der Waals surface area contributed by atoms with E-state index in [4.69, 9.17) is 4.74 Å². The number of likely N-dealkylation sites (N-methyl/N-ethyl adjacent to an activating group) is 1. The van der Waals surface area contributed by atoms with Crippen molar-refractivity contribution in [2.45, 2.75) is 31.9 Å². The molecular formula is C18H27N3O3. The number of hydrogen-bond acceptors (Lipinski definition) is 6. The molecule has 2 aliphatic heterocycles. The maximum absolute atomic E-state index is 11.6. The number of β-amino-alcohol motifs (C(OH)–C–C–N with tert-alkyl or cyclic N) is 1. The van der Waals surface area contributed by atoms with Crippen LogP contribution in [0.1, 0.15) is 35.4 Å². The summed E-state index contributed by atoms with van der Waals surface area (Å²) in [6.45, 7) is 4.62. The SMILES string of the molecule is COC(=O)c1cccc(CN2CCC3(CC2)CC(O)CN(C)C3)n1. The van der Waals surface area contributed by atoms with E-state index in [9.17, 15) is 9.90 Å². The topological polar surface area (TPSA) is 65.9 Å². The van der Waals surface area contributed by atoms with Gasteiger partial charge in [-0.2, -0.15) is 0 Å². The summed E-state index contributed by atoms with van der Waals surface area (Å²) in [5, 5.41) is 10.1.